The van der Waals surface area contributed by atoms with Crippen molar-refractivity contribution in [2.45, 2.75) is 32.7 Å². The minimum Gasteiger partial charge on any atom is -0.321 e. The molecule has 0 aromatic rings. The minimum atomic E-state index is -0.318. The van der Waals surface area contributed by atoms with Crippen LogP contribution in [0.4, 0.5) is 0 Å². The van der Waals surface area contributed by atoms with Crippen molar-refractivity contribution >= 4 is 6.29 Å². The molecule has 2 heteroatoms. The van der Waals surface area contributed by atoms with Crippen molar-refractivity contribution in [1.29, 1.82) is 0 Å². The fourth-order valence-corrected chi connectivity index (χ4v) is 0.537. The lowest BCUT2D eigenvalue weighted by molar-refractivity contribution is -0.108. The normalized spacial score (nSPS) is 14.9. The van der Waals surface area contributed by atoms with Gasteiger partial charge in [-0.3, -0.25) is 0 Å². The summed E-state index contributed by atoms with van der Waals surface area (Å²) in [7, 11) is 0. The van der Waals surface area contributed by atoms with Crippen molar-refractivity contribution in [1.82, 2.24) is 0 Å². The molecule has 58 valence electrons. The van der Waals surface area contributed by atoms with Crippen molar-refractivity contribution in [3.05, 3.63) is 11.6 Å². The lowest BCUT2D eigenvalue weighted by atomic mass is 10.1. The van der Waals surface area contributed by atoms with Gasteiger partial charge in [0.25, 0.3) is 0 Å². The average molecular weight is 141 g/mol. The van der Waals surface area contributed by atoms with Gasteiger partial charge in [0.2, 0.25) is 0 Å². The zero-order valence-electron chi connectivity index (χ0n) is 6.63. The summed E-state index contributed by atoms with van der Waals surface area (Å²) in [6, 6.07) is -0.318. The smallest absolute Gasteiger partial charge is 0.136 e. The maximum atomic E-state index is 10.1. The van der Waals surface area contributed by atoms with Gasteiger partial charge in [0.15, 0.2) is 0 Å². The molecule has 1 atom stereocenters. The fourth-order valence-electron chi connectivity index (χ4n) is 0.537. The molecule has 0 aromatic carbocycles. The van der Waals surface area contributed by atoms with E-state index in [0.29, 0.717) is 6.42 Å². The highest BCUT2D eigenvalue weighted by atomic mass is 16.1. The maximum absolute atomic E-state index is 10.1. The van der Waals surface area contributed by atoms with Gasteiger partial charge < -0.3 is 10.5 Å². The van der Waals surface area contributed by atoms with Crippen LogP contribution in [0.1, 0.15) is 26.7 Å². The van der Waals surface area contributed by atoms with Gasteiger partial charge >= 0.3 is 0 Å². The topological polar surface area (TPSA) is 43.1 Å². The first-order valence-electron chi connectivity index (χ1n) is 3.57. The summed E-state index contributed by atoms with van der Waals surface area (Å²) >= 11 is 0. The molecule has 0 amide bonds. The standard InChI is InChI=1S/C8H15NO/c1-3-7(2)4-5-8(9)6-10/h4,6,8H,3,5,9H2,1-2H3/b7-4+/t8-/m0/s1. The summed E-state index contributed by atoms with van der Waals surface area (Å²) in [4.78, 5) is 10.1. The predicted octanol–water partition coefficient (Wildman–Crippen LogP) is 1.26. The molecular formula is C8H15NO. The lowest BCUT2D eigenvalue weighted by Crippen LogP contribution is -2.20. The Hall–Kier alpha value is -0.630. The Balaban J connectivity index is 3.60. The molecule has 0 aromatic heterocycles. The third-order valence-corrected chi connectivity index (χ3v) is 1.47. The summed E-state index contributed by atoms with van der Waals surface area (Å²) < 4.78 is 0. The fraction of sp³-hybridized carbons (Fsp3) is 0.625. The summed E-state index contributed by atoms with van der Waals surface area (Å²) in [5.41, 5.74) is 6.65. The van der Waals surface area contributed by atoms with Gasteiger partial charge in [0.05, 0.1) is 6.04 Å². The molecular weight excluding hydrogens is 126 g/mol. The molecule has 10 heavy (non-hydrogen) atoms. The predicted molar refractivity (Wildman–Crippen MR) is 42.7 cm³/mol. The van der Waals surface area contributed by atoms with Crippen molar-refractivity contribution < 1.29 is 4.79 Å². The van der Waals surface area contributed by atoms with E-state index < -0.39 is 0 Å². The van der Waals surface area contributed by atoms with Crippen LogP contribution in [0.3, 0.4) is 0 Å². The van der Waals surface area contributed by atoms with E-state index in [1.54, 1.807) is 0 Å². The number of aldehydes is 1. The van der Waals surface area contributed by atoms with Crippen molar-refractivity contribution in [2.24, 2.45) is 5.73 Å². The van der Waals surface area contributed by atoms with E-state index in [4.69, 9.17) is 5.73 Å². The lowest BCUT2D eigenvalue weighted by Gasteiger charge is -1.98. The van der Waals surface area contributed by atoms with Crippen molar-refractivity contribution in [3.63, 3.8) is 0 Å². The molecule has 0 heterocycles. The van der Waals surface area contributed by atoms with Crippen molar-refractivity contribution in [2.75, 3.05) is 0 Å². The van der Waals surface area contributed by atoms with E-state index in [-0.39, 0.29) is 6.04 Å². The number of hydrogen-bond acceptors (Lipinski definition) is 2. The molecule has 0 bridgehead atoms. The van der Waals surface area contributed by atoms with Crippen LogP contribution in [0.25, 0.3) is 0 Å². The average Bonchev–Trinajstić information content (AvgIpc) is 1.99. The first-order chi connectivity index (χ1) is 4.70. The zero-order chi connectivity index (χ0) is 7.98. The summed E-state index contributed by atoms with van der Waals surface area (Å²) in [6.07, 6.45) is 4.49. The first kappa shape index (κ1) is 9.37. The molecule has 0 saturated carbocycles. The van der Waals surface area contributed by atoms with E-state index in [9.17, 15) is 4.79 Å². The number of carbonyl (C=O) groups is 1. The zero-order valence-corrected chi connectivity index (χ0v) is 6.63. The molecule has 0 aliphatic carbocycles. The second kappa shape index (κ2) is 5.18. The molecule has 0 unspecified atom stereocenters. The monoisotopic (exact) mass is 141 g/mol. The Morgan fingerprint density at radius 3 is 2.70 bits per heavy atom. The highest BCUT2D eigenvalue weighted by molar-refractivity contribution is 5.57. The van der Waals surface area contributed by atoms with Gasteiger partial charge in [0.1, 0.15) is 6.29 Å². The maximum Gasteiger partial charge on any atom is 0.136 e. The van der Waals surface area contributed by atoms with E-state index in [0.717, 1.165) is 12.7 Å². The van der Waals surface area contributed by atoms with E-state index in [1.807, 2.05) is 13.0 Å². The second-order valence-electron chi connectivity index (χ2n) is 2.44. The number of rotatable bonds is 4. The SMILES string of the molecule is CC/C(C)=C/C[C@H](N)C=O. The van der Waals surface area contributed by atoms with Crippen LogP contribution < -0.4 is 5.73 Å². The van der Waals surface area contributed by atoms with Crippen LogP contribution in [-0.2, 0) is 4.79 Å². The Morgan fingerprint density at radius 2 is 2.30 bits per heavy atom. The van der Waals surface area contributed by atoms with Crippen LogP contribution in [0.15, 0.2) is 11.6 Å². The molecule has 0 radical (unpaired) electrons. The Bertz CT molecular complexity index is 129. The third kappa shape index (κ3) is 4.27. The highest BCUT2D eigenvalue weighted by Crippen LogP contribution is 2.00. The van der Waals surface area contributed by atoms with Crippen LogP contribution in [-0.4, -0.2) is 12.3 Å². The number of hydrogen-bond donors (Lipinski definition) is 1. The first-order valence-corrected chi connectivity index (χ1v) is 3.57. The van der Waals surface area contributed by atoms with Crippen molar-refractivity contribution in [3.8, 4) is 0 Å². The Labute approximate surface area is 62.1 Å². The van der Waals surface area contributed by atoms with Crippen LogP contribution in [0, 0.1) is 0 Å². The van der Waals surface area contributed by atoms with Gasteiger partial charge in [-0.15, -0.1) is 0 Å². The Morgan fingerprint density at radius 1 is 1.70 bits per heavy atom. The number of allylic oxidation sites excluding steroid dienone is 1. The molecule has 2 N–H and O–H groups in total. The quantitative estimate of drug-likeness (QED) is 0.473. The van der Waals surface area contributed by atoms with E-state index >= 15 is 0 Å². The van der Waals surface area contributed by atoms with Gasteiger partial charge in [-0.25, -0.2) is 0 Å². The Kier molecular flexibility index (Phi) is 4.85. The summed E-state index contributed by atoms with van der Waals surface area (Å²) in [5.74, 6) is 0. The molecule has 0 aliphatic rings. The van der Waals surface area contributed by atoms with Crippen LogP contribution in [0.2, 0.25) is 0 Å². The van der Waals surface area contributed by atoms with Gasteiger partial charge in [-0.1, -0.05) is 18.6 Å². The third-order valence-electron chi connectivity index (χ3n) is 1.47. The summed E-state index contributed by atoms with van der Waals surface area (Å²) in [6.45, 7) is 4.12. The largest absolute Gasteiger partial charge is 0.321 e. The van der Waals surface area contributed by atoms with Gasteiger partial charge in [0, 0.05) is 0 Å². The van der Waals surface area contributed by atoms with Gasteiger partial charge in [-0.2, -0.15) is 0 Å². The molecule has 0 spiro atoms. The molecule has 0 saturated heterocycles. The van der Waals surface area contributed by atoms with Crippen LogP contribution in [0.5, 0.6) is 0 Å². The molecule has 0 aliphatic heterocycles. The minimum absolute atomic E-state index is 0.318. The molecule has 0 rings (SSSR count). The van der Waals surface area contributed by atoms with Crippen LogP contribution >= 0.6 is 0 Å². The van der Waals surface area contributed by atoms with E-state index in [1.165, 1.54) is 5.57 Å². The van der Waals surface area contributed by atoms with Gasteiger partial charge in [-0.05, 0) is 19.8 Å². The molecule has 0 fully saturated rings. The van der Waals surface area contributed by atoms with E-state index in [2.05, 4.69) is 6.92 Å². The molecule has 2 nitrogen and oxygen atoms in total. The second-order valence-corrected chi connectivity index (χ2v) is 2.44. The highest BCUT2D eigenvalue weighted by Gasteiger charge is 1.94. The summed E-state index contributed by atoms with van der Waals surface area (Å²) in [5, 5.41) is 0. The number of carbonyl (C=O) groups excluding carboxylic acids is 1. The number of nitrogens with two attached hydrogens (primary N) is 1.